The second kappa shape index (κ2) is 5.87. The number of hydrogen-bond donors (Lipinski definition) is 2. The predicted molar refractivity (Wildman–Crippen MR) is 64.9 cm³/mol. The summed E-state index contributed by atoms with van der Waals surface area (Å²) in [5, 5.41) is 11.9. The van der Waals surface area contributed by atoms with Crippen molar-refractivity contribution in [3.05, 3.63) is 29.6 Å². The van der Waals surface area contributed by atoms with Crippen molar-refractivity contribution in [2.75, 3.05) is 0 Å². The number of phenols is 1. The van der Waals surface area contributed by atoms with Gasteiger partial charge < -0.3 is 10.4 Å². The molecule has 1 aromatic carbocycles. The van der Waals surface area contributed by atoms with Gasteiger partial charge in [-0.3, -0.25) is 4.79 Å². The zero-order valence-corrected chi connectivity index (χ0v) is 10.5. The Morgan fingerprint density at radius 2 is 2.18 bits per heavy atom. The minimum absolute atomic E-state index is 0.0838. The number of carbonyl (C=O) groups excluding carboxylic acids is 1. The van der Waals surface area contributed by atoms with Crippen LogP contribution >= 0.6 is 11.6 Å². The molecule has 2 N–H and O–H groups in total. The molecule has 0 aliphatic rings. The van der Waals surface area contributed by atoms with Crippen molar-refractivity contribution in [1.82, 2.24) is 5.32 Å². The maximum atomic E-state index is 13.4. The molecule has 0 saturated carbocycles. The van der Waals surface area contributed by atoms with Crippen molar-refractivity contribution in [3.8, 4) is 5.75 Å². The maximum Gasteiger partial charge on any atom is 0.258 e. The summed E-state index contributed by atoms with van der Waals surface area (Å²) in [4.78, 5) is 11.7. The molecule has 0 radical (unpaired) electrons. The molecule has 0 heterocycles. The van der Waals surface area contributed by atoms with Crippen molar-refractivity contribution in [2.45, 2.75) is 31.7 Å². The number of hydrogen-bond acceptors (Lipinski definition) is 2. The predicted octanol–water partition coefficient (Wildman–Crippen LogP) is 2.67. The van der Waals surface area contributed by atoms with Gasteiger partial charge in [0.25, 0.3) is 5.91 Å². The molecule has 0 spiro atoms. The second-order valence-electron chi connectivity index (χ2n) is 4.02. The number of phenolic OH excluding ortho intramolecular Hbond substituents is 1. The number of alkyl halides is 1. The van der Waals surface area contributed by atoms with E-state index in [0.29, 0.717) is 6.42 Å². The van der Waals surface area contributed by atoms with Gasteiger partial charge in [0.2, 0.25) is 0 Å². The standard InChI is InChI=1S/C12H15ClFNO2/c1-7(13)6-8(2)15-12(17)11-9(14)4-3-5-10(11)16/h3-5,7-8,16H,6H2,1-2H3,(H,15,17). The van der Waals surface area contributed by atoms with Crippen LogP contribution in [0.1, 0.15) is 30.6 Å². The summed E-state index contributed by atoms with van der Waals surface area (Å²) in [6.07, 6.45) is 0.572. The highest BCUT2D eigenvalue weighted by atomic mass is 35.5. The first-order valence-electron chi connectivity index (χ1n) is 5.34. The number of nitrogens with one attached hydrogen (secondary N) is 1. The quantitative estimate of drug-likeness (QED) is 0.817. The maximum absolute atomic E-state index is 13.4. The summed E-state index contributed by atoms with van der Waals surface area (Å²) in [6.45, 7) is 3.58. The van der Waals surface area contributed by atoms with E-state index in [1.807, 2.05) is 6.92 Å². The van der Waals surface area contributed by atoms with Crippen LogP contribution in [0.3, 0.4) is 0 Å². The van der Waals surface area contributed by atoms with Crippen LogP contribution in [0.4, 0.5) is 4.39 Å². The Labute approximate surface area is 105 Å². The Hall–Kier alpha value is -1.29. The third-order valence-electron chi connectivity index (χ3n) is 2.27. The zero-order valence-electron chi connectivity index (χ0n) is 9.71. The van der Waals surface area contributed by atoms with E-state index in [4.69, 9.17) is 11.6 Å². The minimum atomic E-state index is -0.742. The normalized spacial score (nSPS) is 14.1. The van der Waals surface area contributed by atoms with Crippen LogP contribution in [0.5, 0.6) is 5.75 Å². The highest BCUT2D eigenvalue weighted by Crippen LogP contribution is 2.19. The van der Waals surface area contributed by atoms with E-state index in [1.54, 1.807) is 6.92 Å². The van der Waals surface area contributed by atoms with Gasteiger partial charge in [-0.25, -0.2) is 4.39 Å². The van der Waals surface area contributed by atoms with Crippen molar-refractivity contribution in [3.63, 3.8) is 0 Å². The molecule has 0 bridgehead atoms. The highest BCUT2D eigenvalue weighted by Gasteiger charge is 2.18. The van der Waals surface area contributed by atoms with E-state index in [2.05, 4.69) is 5.32 Å². The topological polar surface area (TPSA) is 49.3 Å². The molecular formula is C12H15ClFNO2. The first kappa shape index (κ1) is 13.8. The first-order valence-corrected chi connectivity index (χ1v) is 5.78. The molecule has 0 aromatic heterocycles. The van der Waals surface area contributed by atoms with Crippen LogP contribution < -0.4 is 5.32 Å². The molecule has 0 aliphatic carbocycles. The molecule has 17 heavy (non-hydrogen) atoms. The Kier molecular flexibility index (Phi) is 4.75. The monoisotopic (exact) mass is 259 g/mol. The molecule has 0 aliphatic heterocycles. The Balaban J connectivity index is 2.77. The molecule has 1 rings (SSSR count). The minimum Gasteiger partial charge on any atom is -0.507 e. The van der Waals surface area contributed by atoms with E-state index >= 15 is 0 Å². The lowest BCUT2D eigenvalue weighted by Crippen LogP contribution is -2.34. The molecular weight excluding hydrogens is 245 g/mol. The van der Waals surface area contributed by atoms with Crippen LogP contribution in [-0.2, 0) is 0 Å². The van der Waals surface area contributed by atoms with E-state index in [-0.39, 0.29) is 22.7 Å². The van der Waals surface area contributed by atoms with Gasteiger partial charge in [-0.05, 0) is 32.4 Å². The largest absolute Gasteiger partial charge is 0.507 e. The van der Waals surface area contributed by atoms with E-state index in [9.17, 15) is 14.3 Å². The number of carbonyl (C=O) groups is 1. The van der Waals surface area contributed by atoms with Gasteiger partial charge in [-0.2, -0.15) is 0 Å². The Bertz CT molecular complexity index is 389. The van der Waals surface area contributed by atoms with Gasteiger partial charge in [-0.1, -0.05) is 6.07 Å². The molecule has 94 valence electrons. The lowest BCUT2D eigenvalue weighted by atomic mass is 10.1. The average molecular weight is 260 g/mol. The summed E-state index contributed by atoms with van der Waals surface area (Å²) in [5.41, 5.74) is -0.332. The lowest BCUT2D eigenvalue weighted by molar-refractivity contribution is 0.0931. The van der Waals surface area contributed by atoms with Crippen molar-refractivity contribution in [2.24, 2.45) is 0 Å². The lowest BCUT2D eigenvalue weighted by Gasteiger charge is -2.15. The number of halogens is 2. The molecule has 0 saturated heterocycles. The summed E-state index contributed by atoms with van der Waals surface area (Å²) in [7, 11) is 0. The highest BCUT2D eigenvalue weighted by molar-refractivity contribution is 6.20. The van der Waals surface area contributed by atoms with Gasteiger partial charge >= 0.3 is 0 Å². The average Bonchev–Trinajstić information content (AvgIpc) is 2.15. The molecule has 1 aromatic rings. The fourth-order valence-corrected chi connectivity index (χ4v) is 1.85. The van der Waals surface area contributed by atoms with E-state index in [1.165, 1.54) is 12.1 Å². The molecule has 3 nitrogen and oxygen atoms in total. The summed E-state index contributed by atoms with van der Waals surface area (Å²) in [5.74, 6) is -1.74. The third-order valence-corrected chi connectivity index (χ3v) is 2.45. The number of rotatable bonds is 4. The van der Waals surface area contributed by atoms with Crippen molar-refractivity contribution < 1.29 is 14.3 Å². The van der Waals surface area contributed by atoms with Gasteiger partial charge in [0.15, 0.2) is 0 Å². The van der Waals surface area contributed by atoms with E-state index < -0.39 is 11.7 Å². The van der Waals surface area contributed by atoms with Crippen LogP contribution in [0.15, 0.2) is 18.2 Å². The molecule has 1 amide bonds. The summed E-state index contributed by atoms with van der Waals surface area (Å²) in [6, 6.07) is 3.55. The van der Waals surface area contributed by atoms with Crippen LogP contribution in [-0.4, -0.2) is 22.4 Å². The van der Waals surface area contributed by atoms with Crippen molar-refractivity contribution >= 4 is 17.5 Å². The molecule has 5 heteroatoms. The summed E-state index contributed by atoms with van der Waals surface area (Å²) < 4.78 is 13.4. The smallest absolute Gasteiger partial charge is 0.258 e. The Morgan fingerprint density at radius 1 is 1.53 bits per heavy atom. The van der Waals surface area contributed by atoms with Crippen molar-refractivity contribution in [1.29, 1.82) is 0 Å². The van der Waals surface area contributed by atoms with Gasteiger partial charge in [0.05, 0.1) is 0 Å². The second-order valence-corrected chi connectivity index (χ2v) is 4.77. The number of benzene rings is 1. The number of aromatic hydroxyl groups is 1. The summed E-state index contributed by atoms with van der Waals surface area (Å²) >= 11 is 5.79. The van der Waals surface area contributed by atoms with Gasteiger partial charge in [-0.15, -0.1) is 11.6 Å². The van der Waals surface area contributed by atoms with Gasteiger partial charge in [0.1, 0.15) is 17.1 Å². The zero-order chi connectivity index (χ0) is 13.0. The fourth-order valence-electron chi connectivity index (χ4n) is 1.58. The third kappa shape index (κ3) is 3.89. The Morgan fingerprint density at radius 3 is 2.71 bits per heavy atom. The first-order chi connectivity index (χ1) is 7.91. The SMILES string of the molecule is CC(Cl)CC(C)NC(=O)c1c(O)cccc1F. The fraction of sp³-hybridized carbons (Fsp3) is 0.417. The molecule has 2 unspecified atom stereocenters. The molecule has 0 fully saturated rings. The number of amides is 1. The van der Waals surface area contributed by atoms with Crippen LogP contribution in [0.25, 0.3) is 0 Å². The van der Waals surface area contributed by atoms with Crippen LogP contribution in [0, 0.1) is 5.82 Å². The van der Waals surface area contributed by atoms with Crippen LogP contribution in [0.2, 0.25) is 0 Å². The van der Waals surface area contributed by atoms with Gasteiger partial charge in [0, 0.05) is 11.4 Å². The van der Waals surface area contributed by atoms with E-state index in [0.717, 1.165) is 6.07 Å². The molecule has 2 atom stereocenters.